The van der Waals surface area contributed by atoms with E-state index in [-0.39, 0.29) is 23.9 Å². The third kappa shape index (κ3) is 4.90. The molecule has 0 bridgehead atoms. The fraction of sp³-hybridized carbons (Fsp3) is 0.435. The minimum absolute atomic E-state index is 0.121. The van der Waals surface area contributed by atoms with Gasteiger partial charge in [-0.1, -0.05) is 18.2 Å². The molecule has 1 heterocycles. The lowest BCUT2D eigenvalue weighted by Gasteiger charge is -2.24. The van der Waals surface area contributed by atoms with Crippen LogP contribution in [0.15, 0.2) is 48.5 Å². The Morgan fingerprint density at radius 2 is 1.96 bits per heavy atom. The van der Waals surface area contributed by atoms with Crippen molar-refractivity contribution in [1.82, 2.24) is 4.90 Å². The third-order valence-electron chi connectivity index (χ3n) is 5.28. The Morgan fingerprint density at radius 3 is 2.71 bits per heavy atom. The summed E-state index contributed by atoms with van der Waals surface area (Å²) in [5, 5.41) is 0. The average Bonchev–Trinajstić information content (AvgIpc) is 3.56. The SMILES string of the molecule is O=C(c1cccc(F)c1)N(Cc1cccc(OCC2CCCCO2)c1)C1CC1. The second-order valence-corrected chi connectivity index (χ2v) is 7.62. The molecule has 1 saturated carbocycles. The summed E-state index contributed by atoms with van der Waals surface area (Å²) in [5.41, 5.74) is 1.41. The quantitative estimate of drug-likeness (QED) is 0.703. The topological polar surface area (TPSA) is 38.8 Å². The van der Waals surface area contributed by atoms with Crippen LogP contribution in [-0.4, -0.2) is 36.2 Å². The lowest BCUT2D eigenvalue weighted by molar-refractivity contribution is -0.0110. The van der Waals surface area contributed by atoms with Crippen molar-refractivity contribution >= 4 is 5.91 Å². The molecule has 1 amide bonds. The fourth-order valence-electron chi connectivity index (χ4n) is 3.60. The van der Waals surface area contributed by atoms with Crippen molar-refractivity contribution in [2.45, 2.75) is 50.8 Å². The van der Waals surface area contributed by atoms with Gasteiger partial charge in [0.2, 0.25) is 0 Å². The van der Waals surface area contributed by atoms with E-state index in [0.717, 1.165) is 43.6 Å². The predicted octanol–water partition coefficient (Wildman–Crippen LogP) is 4.58. The number of rotatable bonds is 7. The molecule has 4 rings (SSSR count). The Morgan fingerprint density at radius 1 is 1.11 bits per heavy atom. The summed E-state index contributed by atoms with van der Waals surface area (Å²) in [6, 6.07) is 14.0. The van der Waals surface area contributed by atoms with Crippen molar-refractivity contribution in [2.24, 2.45) is 0 Å². The predicted molar refractivity (Wildman–Crippen MR) is 105 cm³/mol. The first-order valence-electron chi connectivity index (χ1n) is 10.1. The zero-order chi connectivity index (χ0) is 19.3. The van der Waals surface area contributed by atoms with Crippen molar-refractivity contribution in [3.63, 3.8) is 0 Å². The summed E-state index contributed by atoms with van der Waals surface area (Å²) >= 11 is 0. The normalized spacial score (nSPS) is 19.2. The van der Waals surface area contributed by atoms with E-state index >= 15 is 0 Å². The smallest absolute Gasteiger partial charge is 0.254 e. The Bertz CT molecular complexity index is 815. The summed E-state index contributed by atoms with van der Waals surface area (Å²) in [5.74, 6) is 0.284. The largest absolute Gasteiger partial charge is 0.491 e. The van der Waals surface area contributed by atoms with Gasteiger partial charge in [0.05, 0.1) is 6.10 Å². The van der Waals surface area contributed by atoms with Crippen molar-refractivity contribution in [1.29, 1.82) is 0 Å². The zero-order valence-corrected chi connectivity index (χ0v) is 16.0. The van der Waals surface area contributed by atoms with Gasteiger partial charge >= 0.3 is 0 Å². The number of hydrogen-bond acceptors (Lipinski definition) is 3. The number of carbonyl (C=O) groups excluding carboxylic acids is 1. The number of hydrogen-bond donors (Lipinski definition) is 0. The number of ether oxygens (including phenoxy) is 2. The number of amides is 1. The van der Waals surface area contributed by atoms with Crippen LogP contribution in [0.2, 0.25) is 0 Å². The summed E-state index contributed by atoms with van der Waals surface area (Å²) in [6.07, 6.45) is 5.51. The molecule has 1 unspecified atom stereocenters. The minimum Gasteiger partial charge on any atom is -0.491 e. The second-order valence-electron chi connectivity index (χ2n) is 7.62. The monoisotopic (exact) mass is 383 g/mol. The maximum atomic E-state index is 13.5. The Kier molecular flexibility index (Phi) is 5.91. The molecular weight excluding hydrogens is 357 g/mol. The van der Waals surface area contributed by atoms with Crippen LogP contribution in [0.5, 0.6) is 5.75 Å². The molecule has 2 fully saturated rings. The zero-order valence-electron chi connectivity index (χ0n) is 16.0. The highest BCUT2D eigenvalue weighted by Gasteiger charge is 2.33. The van der Waals surface area contributed by atoms with E-state index in [2.05, 4.69) is 0 Å². The Hall–Kier alpha value is -2.40. The molecule has 0 spiro atoms. The van der Waals surface area contributed by atoms with Crippen LogP contribution in [0.3, 0.4) is 0 Å². The van der Waals surface area contributed by atoms with Crippen LogP contribution in [0.25, 0.3) is 0 Å². The summed E-state index contributed by atoms with van der Waals surface area (Å²) in [7, 11) is 0. The van der Waals surface area contributed by atoms with Gasteiger partial charge in [-0.25, -0.2) is 4.39 Å². The van der Waals surface area contributed by atoms with Crippen molar-refractivity contribution in [3.8, 4) is 5.75 Å². The van der Waals surface area contributed by atoms with E-state index in [1.807, 2.05) is 29.2 Å². The van der Waals surface area contributed by atoms with E-state index < -0.39 is 0 Å². The molecule has 2 aromatic rings. The molecule has 1 atom stereocenters. The van der Waals surface area contributed by atoms with Crippen LogP contribution in [0.4, 0.5) is 4.39 Å². The first kappa shape index (κ1) is 18.9. The van der Waals surface area contributed by atoms with Gasteiger partial charge in [0.15, 0.2) is 0 Å². The molecule has 1 aliphatic carbocycles. The van der Waals surface area contributed by atoms with Gasteiger partial charge in [-0.2, -0.15) is 0 Å². The van der Waals surface area contributed by atoms with Crippen LogP contribution in [-0.2, 0) is 11.3 Å². The molecule has 1 saturated heterocycles. The van der Waals surface area contributed by atoms with E-state index in [1.54, 1.807) is 12.1 Å². The summed E-state index contributed by atoms with van der Waals surface area (Å²) in [4.78, 5) is 14.8. The highest BCUT2D eigenvalue weighted by atomic mass is 19.1. The van der Waals surface area contributed by atoms with Gasteiger partial charge in [-0.15, -0.1) is 0 Å². The van der Waals surface area contributed by atoms with Crippen LogP contribution >= 0.6 is 0 Å². The van der Waals surface area contributed by atoms with E-state index in [4.69, 9.17) is 9.47 Å². The lowest BCUT2D eigenvalue weighted by atomic mass is 10.1. The summed E-state index contributed by atoms with van der Waals surface area (Å²) in [6.45, 7) is 1.86. The molecule has 0 aromatic heterocycles. The van der Waals surface area contributed by atoms with Crippen LogP contribution < -0.4 is 4.74 Å². The first-order valence-corrected chi connectivity index (χ1v) is 10.1. The molecule has 2 aliphatic rings. The van der Waals surface area contributed by atoms with Gasteiger partial charge in [-0.05, 0) is 68.0 Å². The molecule has 28 heavy (non-hydrogen) atoms. The number of nitrogens with zero attached hydrogens (tertiary/aromatic N) is 1. The first-order chi connectivity index (χ1) is 13.7. The molecule has 1 aliphatic heterocycles. The highest BCUT2D eigenvalue weighted by Crippen LogP contribution is 2.30. The van der Waals surface area contributed by atoms with E-state index in [0.29, 0.717) is 18.7 Å². The lowest BCUT2D eigenvalue weighted by Crippen LogP contribution is -2.32. The number of carbonyl (C=O) groups is 1. The molecular formula is C23H26FNO3. The highest BCUT2D eigenvalue weighted by molar-refractivity contribution is 5.94. The summed E-state index contributed by atoms with van der Waals surface area (Å²) < 4.78 is 25.2. The fourth-order valence-corrected chi connectivity index (χ4v) is 3.60. The van der Waals surface area contributed by atoms with Gasteiger partial charge in [0, 0.05) is 24.8 Å². The standard InChI is InChI=1S/C23H26FNO3/c24-19-7-4-6-18(14-19)23(26)25(20-10-11-20)15-17-5-3-9-21(13-17)28-16-22-8-1-2-12-27-22/h3-7,9,13-14,20,22H,1-2,8,10-12,15-16H2. The third-order valence-corrected chi connectivity index (χ3v) is 5.28. The van der Waals surface area contributed by atoms with Gasteiger partial charge in [-0.3, -0.25) is 4.79 Å². The van der Waals surface area contributed by atoms with Crippen molar-refractivity contribution in [3.05, 3.63) is 65.5 Å². The van der Waals surface area contributed by atoms with Crippen LogP contribution in [0.1, 0.15) is 48.0 Å². The maximum Gasteiger partial charge on any atom is 0.254 e. The molecule has 5 heteroatoms. The molecule has 0 radical (unpaired) electrons. The Balaban J connectivity index is 1.42. The van der Waals surface area contributed by atoms with E-state index in [1.165, 1.54) is 18.6 Å². The van der Waals surface area contributed by atoms with E-state index in [9.17, 15) is 9.18 Å². The molecule has 2 aromatic carbocycles. The van der Waals surface area contributed by atoms with Gasteiger partial charge in [0.1, 0.15) is 18.2 Å². The molecule has 0 N–H and O–H groups in total. The van der Waals surface area contributed by atoms with Crippen LogP contribution in [0, 0.1) is 5.82 Å². The van der Waals surface area contributed by atoms with Gasteiger partial charge in [0.25, 0.3) is 5.91 Å². The number of benzene rings is 2. The number of halogens is 1. The minimum atomic E-state index is -0.387. The van der Waals surface area contributed by atoms with Crippen molar-refractivity contribution < 1.29 is 18.7 Å². The maximum absolute atomic E-state index is 13.5. The molecule has 4 nitrogen and oxygen atoms in total. The average molecular weight is 383 g/mol. The second kappa shape index (κ2) is 8.74. The Labute approximate surface area is 165 Å². The van der Waals surface area contributed by atoms with Crippen molar-refractivity contribution in [2.75, 3.05) is 13.2 Å². The molecule has 148 valence electrons. The van der Waals surface area contributed by atoms with Gasteiger partial charge < -0.3 is 14.4 Å².